The molecule has 0 aliphatic heterocycles. The second-order valence-corrected chi connectivity index (χ2v) is 5.34. The minimum Gasteiger partial charge on any atom is -0.491 e. The van der Waals surface area contributed by atoms with Gasteiger partial charge in [0, 0.05) is 11.6 Å². The van der Waals surface area contributed by atoms with Gasteiger partial charge >= 0.3 is 11.9 Å². The fourth-order valence-corrected chi connectivity index (χ4v) is 2.14. The molecule has 132 valence electrons. The SMILES string of the molecule is CCOCCOc1ccc(C(=O)Oc2ccc(Cl)cc2C(=O)O)cc1. The van der Waals surface area contributed by atoms with Crippen LogP contribution in [0, 0.1) is 0 Å². The Labute approximate surface area is 149 Å². The summed E-state index contributed by atoms with van der Waals surface area (Å²) in [5.74, 6) is -1.39. The van der Waals surface area contributed by atoms with E-state index >= 15 is 0 Å². The maximum absolute atomic E-state index is 12.2. The van der Waals surface area contributed by atoms with Gasteiger partial charge in [-0.2, -0.15) is 0 Å². The Kier molecular flexibility index (Phi) is 6.80. The topological polar surface area (TPSA) is 82.1 Å². The van der Waals surface area contributed by atoms with E-state index in [1.165, 1.54) is 30.3 Å². The summed E-state index contributed by atoms with van der Waals surface area (Å²) in [6.45, 7) is 3.41. The van der Waals surface area contributed by atoms with Crippen LogP contribution in [0.4, 0.5) is 0 Å². The van der Waals surface area contributed by atoms with Crippen LogP contribution in [0.15, 0.2) is 42.5 Å². The Morgan fingerprint density at radius 3 is 2.44 bits per heavy atom. The van der Waals surface area contributed by atoms with E-state index < -0.39 is 11.9 Å². The van der Waals surface area contributed by atoms with Crippen molar-refractivity contribution in [3.63, 3.8) is 0 Å². The molecular formula is C18H17ClO6. The molecule has 0 unspecified atom stereocenters. The third-order valence-corrected chi connectivity index (χ3v) is 3.40. The third-order valence-electron chi connectivity index (χ3n) is 3.17. The first kappa shape index (κ1) is 18.8. The quantitative estimate of drug-likeness (QED) is 0.437. The largest absolute Gasteiger partial charge is 0.491 e. The van der Waals surface area contributed by atoms with E-state index in [4.69, 9.17) is 30.9 Å². The summed E-state index contributed by atoms with van der Waals surface area (Å²) in [6.07, 6.45) is 0. The van der Waals surface area contributed by atoms with Crippen LogP contribution >= 0.6 is 11.6 Å². The van der Waals surface area contributed by atoms with Gasteiger partial charge in [0.25, 0.3) is 0 Å². The molecule has 0 saturated heterocycles. The van der Waals surface area contributed by atoms with Crippen LogP contribution in [0.25, 0.3) is 0 Å². The zero-order valence-corrected chi connectivity index (χ0v) is 14.3. The summed E-state index contributed by atoms with van der Waals surface area (Å²) >= 11 is 5.77. The molecule has 0 heterocycles. The highest BCUT2D eigenvalue weighted by Crippen LogP contribution is 2.24. The second-order valence-electron chi connectivity index (χ2n) is 4.90. The van der Waals surface area contributed by atoms with Gasteiger partial charge in [-0.1, -0.05) is 11.6 Å². The molecule has 2 aromatic carbocycles. The van der Waals surface area contributed by atoms with Crippen LogP contribution in [0.2, 0.25) is 5.02 Å². The highest BCUT2D eigenvalue weighted by Gasteiger charge is 2.16. The van der Waals surface area contributed by atoms with E-state index in [-0.39, 0.29) is 21.9 Å². The van der Waals surface area contributed by atoms with E-state index in [9.17, 15) is 9.59 Å². The Morgan fingerprint density at radius 2 is 1.80 bits per heavy atom. The number of ether oxygens (including phenoxy) is 3. The smallest absolute Gasteiger partial charge is 0.343 e. The number of halogens is 1. The molecule has 0 amide bonds. The van der Waals surface area contributed by atoms with Gasteiger partial charge in [-0.25, -0.2) is 9.59 Å². The standard InChI is InChI=1S/C18H17ClO6/c1-2-23-9-10-24-14-6-3-12(4-7-14)18(22)25-16-8-5-13(19)11-15(16)17(20)21/h3-8,11H,2,9-10H2,1H3,(H,20,21). The second kappa shape index (κ2) is 9.05. The molecule has 0 aliphatic rings. The number of carboxylic acids is 1. The predicted octanol–water partition coefficient (Wildman–Crippen LogP) is 3.67. The van der Waals surface area contributed by atoms with Crippen molar-refractivity contribution in [2.24, 2.45) is 0 Å². The van der Waals surface area contributed by atoms with Crippen molar-refractivity contribution < 1.29 is 28.9 Å². The molecule has 2 rings (SSSR count). The molecule has 1 N–H and O–H groups in total. The van der Waals surface area contributed by atoms with E-state index in [0.29, 0.717) is 25.6 Å². The summed E-state index contributed by atoms with van der Waals surface area (Å²) in [4.78, 5) is 23.4. The molecular weight excluding hydrogens is 348 g/mol. The molecule has 0 aromatic heterocycles. The van der Waals surface area contributed by atoms with Crippen molar-refractivity contribution in [2.75, 3.05) is 19.8 Å². The van der Waals surface area contributed by atoms with E-state index in [0.717, 1.165) is 0 Å². The van der Waals surface area contributed by atoms with Gasteiger partial charge in [-0.15, -0.1) is 0 Å². The minimum atomic E-state index is -1.23. The highest BCUT2D eigenvalue weighted by molar-refractivity contribution is 6.31. The number of carbonyl (C=O) groups is 2. The molecule has 25 heavy (non-hydrogen) atoms. The van der Waals surface area contributed by atoms with Gasteiger partial charge in [-0.3, -0.25) is 0 Å². The summed E-state index contributed by atoms with van der Waals surface area (Å²) in [6, 6.07) is 10.3. The molecule has 2 aromatic rings. The van der Waals surface area contributed by atoms with Crippen molar-refractivity contribution >= 4 is 23.5 Å². The van der Waals surface area contributed by atoms with Crippen molar-refractivity contribution in [2.45, 2.75) is 6.92 Å². The van der Waals surface area contributed by atoms with E-state index in [1.54, 1.807) is 12.1 Å². The number of rotatable bonds is 8. The molecule has 0 spiro atoms. The number of carbonyl (C=O) groups excluding carboxylic acids is 1. The number of esters is 1. The zero-order chi connectivity index (χ0) is 18.2. The van der Waals surface area contributed by atoms with E-state index in [1.807, 2.05) is 6.92 Å². The highest BCUT2D eigenvalue weighted by atomic mass is 35.5. The van der Waals surface area contributed by atoms with Gasteiger partial charge in [0.05, 0.1) is 12.2 Å². The summed E-state index contributed by atoms with van der Waals surface area (Å²) < 4.78 is 15.8. The molecule has 0 saturated carbocycles. The lowest BCUT2D eigenvalue weighted by Crippen LogP contribution is -2.11. The normalized spacial score (nSPS) is 10.3. The van der Waals surface area contributed by atoms with Crippen LogP contribution in [0.5, 0.6) is 11.5 Å². The van der Waals surface area contributed by atoms with Crippen LogP contribution in [-0.4, -0.2) is 36.9 Å². The lowest BCUT2D eigenvalue weighted by Gasteiger charge is -2.09. The molecule has 7 heteroatoms. The van der Waals surface area contributed by atoms with Crippen molar-refractivity contribution in [3.05, 3.63) is 58.6 Å². The molecule has 0 aliphatic carbocycles. The zero-order valence-electron chi connectivity index (χ0n) is 13.5. The fourth-order valence-electron chi connectivity index (χ4n) is 1.97. The predicted molar refractivity (Wildman–Crippen MR) is 91.8 cm³/mol. The van der Waals surface area contributed by atoms with Crippen LogP contribution in [0.1, 0.15) is 27.6 Å². The number of benzene rings is 2. The van der Waals surface area contributed by atoms with Gasteiger partial charge in [0.1, 0.15) is 23.7 Å². The Balaban J connectivity index is 2.03. The molecule has 0 fully saturated rings. The first-order valence-corrected chi connectivity index (χ1v) is 7.94. The number of aromatic carboxylic acids is 1. The maximum atomic E-state index is 12.2. The minimum absolute atomic E-state index is 0.0704. The van der Waals surface area contributed by atoms with E-state index in [2.05, 4.69) is 0 Å². The maximum Gasteiger partial charge on any atom is 0.343 e. The average molecular weight is 365 g/mol. The molecule has 0 bridgehead atoms. The first-order valence-electron chi connectivity index (χ1n) is 7.57. The number of carboxylic acid groups (broad SMARTS) is 1. The monoisotopic (exact) mass is 364 g/mol. The van der Waals surface area contributed by atoms with Crippen LogP contribution in [0.3, 0.4) is 0 Å². The fraction of sp³-hybridized carbons (Fsp3) is 0.222. The van der Waals surface area contributed by atoms with Gasteiger partial charge in [-0.05, 0) is 49.4 Å². The van der Waals surface area contributed by atoms with Crippen LogP contribution in [-0.2, 0) is 4.74 Å². The Bertz CT molecular complexity index is 742. The van der Waals surface area contributed by atoms with Crippen LogP contribution < -0.4 is 9.47 Å². The third kappa shape index (κ3) is 5.48. The van der Waals surface area contributed by atoms with Crippen molar-refractivity contribution in [1.82, 2.24) is 0 Å². The molecule has 0 atom stereocenters. The van der Waals surface area contributed by atoms with Crippen molar-refractivity contribution in [1.29, 1.82) is 0 Å². The van der Waals surface area contributed by atoms with Crippen molar-refractivity contribution in [3.8, 4) is 11.5 Å². The Morgan fingerprint density at radius 1 is 1.08 bits per heavy atom. The number of hydrogen-bond acceptors (Lipinski definition) is 5. The lowest BCUT2D eigenvalue weighted by molar-refractivity contribution is 0.0681. The van der Waals surface area contributed by atoms with Gasteiger partial charge in [0.2, 0.25) is 0 Å². The van der Waals surface area contributed by atoms with Gasteiger partial charge in [0.15, 0.2) is 0 Å². The average Bonchev–Trinajstić information content (AvgIpc) is 2.60. The molecule has 6 nitrogen and oxygen atoms in total. The summed E-state index contributed by atoms with van der Waals surface area (Å²) in [5.41, 5.74) is 0.0835. The first-order chi connectivity index (χ1) is 12.0. The summed E-state index contributed by atoms with van der Waals surface area (Å²) in [5, 5.41) is 9.40. The lowest BCUT2D eigenvalue weighted by atomic mass is 10.2. The van der Waals surface area contributed by atoms with Gasteiger partial charge < -0.3 is 19.3 Å². The Hall–Kier alpha value is -2.57. The number of hydrogen-bond donors (Lipinski definition) is 1. The molecule has 0 radical (unpaired) electrons. The summed E-state index contributed by atoms with van der Waals surface area (Å²) in [7, 11) is 0.